The Morgan fingerprint density at radius 2 is 1.87 bits per heavy atom. The molecule has 2 heterocycles. The van der Waals surface area contributed by atoms with Crippen LogP contribution < -0.4 is 5.32 Å². The molecule has 0 aliphatic carbocycles. The van der Waals surface area contributed by atoms with Crippen molar-refractivity contribution in [2.45, 2.75) is 33.4 Å². The van der Waals surface area contributed by atoms with Gasteiger partial charge in [0.05, 0.1) is 12.6 Å². The molecule has 1 atom stereocenters. The molecule has 4 rings (SSSR count). The summed E-state index contributed by atoms with van der Waals surface area (Å²) in [6.45, 7) is 6.53. The van der Waals surface area contributed by atoms with Crippen molar-refractivity contribution in [3.8, 4) is 11.1 Å². The van der Waals surface area contributed by atoms with Gasteiger partial charge in [-0.15, -0.1) is 0 Å². The number of carbonyl (C=O) groups is 1. The Hall–Kier alpha value is -3.60. The van der Waals surface area contributed by atoms with Crippen LogP contribution in [0.3, 0.4) is 0 Å². The molecule has 0 aliphatic heterocycles. The zero-order chi connectivity index (χ0) is 21.1. The van der Waals surface area contributed by atoms with Gasteiger partial charge in [0.2, 0.25) is 0 Å². The minimum Gasteiger partial charge on any atom is -0.466 e. The van der Waals surface area contributed by atoms with Crippen LogP contribution in [-0.4, -0.2) is 15.7 Å². The molecule has 2 aromatic heterocycles. The average Bonchev–Trinajstić information content (AvgIpc) is 3.37. The first-order valence-electron chi connectivity index (χ1n) is 10.0. The number of rotatable bonds is 6. The van der Waals surface area contributed by atoms with E-state index >= 15 is 0 Å². The van der Waals surface area contributed by atoms with Crippen molar-refractivity contribution in [3.05, 3.63) is 101 Å². The quantitative estimate of drug-likeness (QED) is 0.479. The largest absolute Gasteiger partial charge is 0.466 e. The van der Waals surface area contributed by atoms with Gasteiger partial charge >= 0.3 is 0 Å². The van der Waals surface area contributed by atoms with Gasteiger partial charge in [0.25, 0.3) is 5.91 Å². The fourth-order valence-electron chi connectivity index (χ4n) is 3.74. The van der Waals surface area contributed by atoms with Crippen LogP contribution in [0.15, 0.2) is 77.5 Å². The highest BCUT2D eigenvalue weighted by Gasteiger charge is 2.18. The lowest BCUT2D eigenvalue weighted by molar-refractivity contribution is 0.0940. The Morgan fingerprint density at radius 1 is 1.10 bits per heavy atom. The second kappa shape index (κ2) is 8.41. The average molecular weight is 399 g/mol. The molecule has 5 nitrogen and oxygen atoms in total. The fourth-order valence-corrected chi connectivity index (χ4v) is 3.74. The number of benzene rings is 2. The molecular weight excluding hydrogens is 374 g/mol. The standard InChI is InChI=1S/C25H25N3O2/c1-17-15-24(19(3)30-17)18(2)27-25(29)23-8-5-4-7-22(23)21-11-9-20(10-12-21)16-28-14-6-13-26-28/h4-15,18H,16H2,1-3H3,(H,27,29). The van der Waals surface area contributed by atoms with Crippen molar-refractivity contribution in [3.63, 3.8) is 0 Å². The summed E-state index contributed by atoms with van der Waals surface area (Å²) in [6, 6.07) is 19.7. The normalized spacial score (nSPS) is 12.0. The van der Waals surface area contributed by atoms with E-state index in [1.807, 2.05) is 68.0 Å². The second-order valence-corrected chi connectivity index (χ2v) is 7.51. The number of nitrogens with zero attached hydrogens (tertiary/aromatic N) is 2. The molecule has 0 aliphatic rings. The summed E-state index contributed by atoms with van der Waals surface area (Å²) < 4.78 is 7.49. The number of hydrogen-bond acceptors (Lipinski definition) is 3. The molecule has 1 amide bonds. The number of carbonyl (C=O) groups excluding carboxylic acids is 1. The lowest BCUT2D eigenvalue weighted by atomic mass is 9.97. The highest BCUT2D eigenvalue weighted by atomic mass is 16.3. The Bertz CT molecular complexity index is 1140. The van der Waals surface area contributed by atoms with E-state index in [9.17, 15) is 4.79 Å². The van der Waals surface area contributed by atoms with E-state index in [4.69, 9.17) is 4.42 Å². The number of amides is 1. The Morgan fingerprint density at radius 3 is 2.53 bits per heavy atom. The van der Waals surface area contributed by atoms with E-state index in [2.05, 4.69) is 34.7 Å². The van der Waals surface area contributed by atoms with Crippen molar-refractivity contribution in [2.24, 2.45) is 0 Å². The maximum absolute atomic E-state index is 13.1. The van der Waals surface area contributed by atoms with Gasteiger partial charge < -0.3 is 9.73 Å². The third-order valence-corrected chi connectivity index (χ3v) is 5.23. The summed E-state index contributed by atoms with van der Waals surface area (Å²) >= 11 is 0. The molecule has 0 saturated carbocycles. The van der Waals surface area contributed by atoms with Crippen molar-refractivity contribution in [1.29, 1.82) is 0 Å². The molecule has 30 heavy (non-hydrogen) atoms. The molecule has 2 aromatic carbocycles. The topological polar surface area (TPSA) is 60.1 Å². The molecule has 4 aromatic rings. The zero-order valence-corrected chi connectivity index (χ0v) is 17.4. The van der Waals surface area contributed by atoms with Crippen LogP contribution in [0.2, 0.25) is 0 Å². The van der Waals surface area contributed by atoms with Crippen LogP contribution in [0.1, 0.15) is 46.0 Å². The van der Waals surface area contributed by atoms with Gasteiger partial charge in [-0.1, -0.05) is 42.5 Å². The van der Waals surface area contributed by atoms with E-state index < -0.39 is 0 Å². The van der Waals surface area contributed by atoms with E-state index in [-0.39, 0.29) is 11.9 Å². The molecular formula is C25H25N3O2. The molecule has 1 N–H and O–H groups in total. The van der Waals surface area contributed by atoms with Crippen LogP contribution in [0.25, 0.3) is 11.1 Å². The molecule has 5 heteroatoms. The summed E-state index contributed by atoms with van der Waals surface area (Å²) in [5.41, 5.74) is 4.73. The Balaban J connectivity index is 1.54. The van der Waals surface area contributed by atoms with Crippen LogP contribution >= 0.6 is 0 Å². The van der Waals surface area contributed by atoms with Crippen molar-refractivity contribution < 1.29 is 9.21 Å². The minimum atomic E-state index is -0.139. The maximum Gasteiger partial charge on any atom is 0.252 e. The first kappa shape index (κ1) is 19.7. The van der Waals surface area contributed by atoms with Crippen LogP contribution in [0, 0.1) is 13.8 Å². The SMILES string of the molecule is Cc1cc(C(C)NC(=O)c2ccccc2-c2ccc(Cn3cccn3)cc2)c(C)o1. The van der Waals surface area contributed by atoms with E-state index in [1.54, 1.807) is 6.20 Å². The highest BCUT2D eigenvalue weighted by Crippen LogP contribution is 2.26. The second-order valence-electron chi connectivity index (χ2n) is 7.51. The Labute approximate surface area is 176 Å². The number of furan rings is 1. The molecule has 0 spiro atoms. The first-order chi connectivity index (χ1) is 14.5. The molecule has 152 valence electrons. The first-order valence-corrected chi connectivity index (χ1v) is 10.0. The van der Waals surface area contributed by atoms with Gasteiger partial charge in [0, 0.05) is 23.5 Å². The van der Waals surface area contributed by atoms with Crippen LogP contribution in [-0.2, 0) is 6.54 Å². The molecule has 0 radical (unpaired) electrons. The van der Waals surface area contributed by atoms with Crippen LogP contribution in [0.4, 0.5) is 0 Å². The van der Waals surface area contributed by atoms with Gasteiger partial charge in [-0.2, -0.15) is 5.10 Å². The lowest BCUT2D eigenvalue weighted by Crippen LogP contribution is -2.27. The monoisotopic (exact) mass is 399 g/mol. The number of nitrogens with one attached hydrogen (secondary N) is 1. The molecule has 1 unspecified atom stereocenters. The predicted octanol–water partition coefficient (Wildman–Crippen LogP) is 5.30. The van der Waals surface area contributed by atoms with E-state index in [0.717, 1.165) is 40.3 Å². The summed E-state index contributed by atoms with van der Waals surface area (Å²) in [6.07, 6.45) is 3.72. The van der Waals surface area contributed by atoms with Crippen molar-refractivity contribution in [1.82, 2.24) is 15.1 Å². The number of aryl methyl sites for hydroxylation is 2. The summed E-state index contributed by atoms with van der Waals surface area (Å²) in [4.78, 5) is 13.1. The zero-order valence-electron chi connectivity index (χ0n) is 17.4. The fraction of sp³-hybridized carbons (Fsp3) is 0.200. The van der Waals surface area contributed by atoms with Crippen molar-refractivity contribution >= 4 is 5.91 Å². The summed E-state index contributed by atoms with van der Waals surface area (Å²) in [5.74, 6) is 1.58. The van der Waals surface area contributed by atoms with Gasteiger partial charge in [0.15, 0.2) is 0 Å². The van der Waals surface area contributed by atoms with Crippen LogP contribution in [0.5, 0.6) is 0 Å². The molecule has 0 bridgehead atoms. The third-order valence-electron chi connectivity index (χ3n) is 5.23. The summed E-state index contributed by atoms with van der Waals surface area (Å²) in [7, 11) is 0. The number of aromatic nitrogens is 2. The lowest BCUT2D eigenvalue weighted by Gasteiger charge is -2.16. The molecule has 0 fully saturated rings. The Kier molecular flexibility index (Phi) is 5.53. The smallest absolute Gasteiger partial charge is 0.252 e. The maximum atomic E-state index is 13.1. The summed E-state index contributed by atoms with van der Waals surface area (Å²) in [5, 5.41) is 7.35. The van der Waals surface area contributed by atoms with Gasteiger partial charge in [0.1, 0.15) is 11.5 Å². The van der Waals surface area contributed by atoms with Gasteiger partial charge in [-0.05, 0) is 55.7 Å². The number of hydrogen-bond donors (Lipinski definition) is 1. The highest BCUT2D eigenvalue weighted by molar-refractivity contribution is 6.01. The van der Waals surface area contributed by atoms with Gasteiger partial charge in [-0.3, -0.25) is 9.48 Å². The minimum absolute atomic E-state index is 0.100. The molecule has 0 saturated heterocycles. The predicted molar refractivity (Wildman–Crippen MR) is 117 cm³/mol. The van der Waals surface area contributed by atoms with Gasteiger partial charge in [-0.25, -0.2) is 0 Å². The van der Waals surface area contributed by atoms with E-state index in [1.165, 1.54) is 0 Å². The van der Waals surface area contributed by atoms with E-state index in [0.29, 0.717) is 5.56 Å². The van der Waals surface area contributed by atoms with Crippen molar-refractivity contribution in [2.75, 3.05) is 0 Å². The third kappa shape index (κ3) is 4.20.